The lowest BCUT2D eigenvalue weighted by Crippen LogP contribution is -2.01. The molecule has 0 saturated heterocycles. The van der Waals surface area contributed by atoms with Gasteiger partial charge in [-0.2, -0.15) is 0 Å². The molecule has 0 N–H and O–H groups in total. The molecular formula is C18H26ClNO3. The van der Waals surface area contributed by atoms with Crippen LogP contribution in [0.15, 0.2) is 29.9 Å². The lowest BCUT2D eigenvalue weighted by molar-refractivity contribution is 0.138. The van der Waals surface area contributed by atoms with E-state index in [2.05, 4.69) is 11.7 Å². The van der Waals surface area contributed by atoms with Crippen LogP contribution in [0.1, 0.15) is 38.7 Å². The van der Waals surface area contributed by atoms with Gasteiger partial charge < -0.3 is 14.3 Å². The monoisotopic (exact) mass is 339 g/mol. The highest BCUT2D eigenvalue weighted by molar-refractivity contribution is 6.32. The van der Waals surface area contributed by atoms with Crippen molar-refractivity contribution in [3.63, 3.8) is 0 Å². The van der Waals surface area contributed by atoms with Gasteiger partial charge in [0.15, 0.2) is 0 Å². The Balaban J connectivity index is 2.32. The molecule has 23 heavy (non-hydrogen) atoms. The van der Waals surface area contributed by atoms with E-state index in [1.54, 1.807) is 12.1 Å². The van der Waals surface area contributed by atoms with Crippen LogP contribution in [0.3, 0.4) is 0 Å². The summed E-state index contributed by atoms with van der Waals surface area (Å²) in [7, 11) is 0. The molecule has 4 nitrogen and oxygen atoms in total. The number of hydrogen-bond acceptors (Lipinski definition) is 4. The maximum Gasteiger partial charge on any atom is 0.141 e. The summed E-state index contributed by atoms with van der Waals surface area (Å²) in [4.78, 5) is 5.15. The third-order valence-electron chi connectivity index (χ3n) is 2.94. The zero-order valence-electron chi connectivity index (χ0n) is 14.2. The molecule has 0 bridgehead atoms. The van der Waals surface area contributed by atoms with Crippen molar-refractivity contribution in [1.82, 2.24) is 0 Å². The minimum atomic E-state index is 0.458. The highest BCUT2D eigenvalue weighted by Gasteiger charge is 2.08. The lowest BCUT2D eigenvalue weighted by atomic mass is 10.2. The Morgan fingerprint density at radius 3 is 2.57 bits per heavy atom. The predicted molar refractivity (Wildman–Crippen MR) is 96.0 cm³/mol. The Morgan fingerprint density at radius 2 is 1.91 bits per heavy atom. The van der Waals surface area contributed by atoms with Crippen molar-refractivity contribution < 1.29 is 14.3 Å². The molecule has 0 radical (unpaired) electrons. The largest absolute Gasteiger partial charge is 0.492 e. The van der Waals surface area contributed by atoms with Crippen molar-refractivity contribution in [2.24, 2.45) is 5.16 Å². The standard InChI is InChI=1S/C18H26ClNO3/c1-5-9-21-16-12-15(4)18(17(19)13-16)22-10-7-6-8-11-23-20-14(2)3/h5,12-13H,1,6-11H2,2-4H3. The third kappa shape index (κ3) is 7.93. The van der Waals surface area contributed by atoms with Gasteiger partial charge in [-0.3, -0.25) is 0 Å². The molecule has 128 valence electrons. The fraction of sp³-hybridized carbons (Fsp3) is 0.500. The van der Waals surface area contributed by atoms with Crippen LogP contribution < -0.4 is 9.47 Å². The Morgan fingerprint density at radius 1 is 1.17 bits per heavy atom. The summed E-state index contributed by atoms with van der Waals surface area (Å²) in [6.45, 7) is 11.1. The molecule has 0 aliphatic carbocycles. The second-order valence-corrected chi connectivity index (χ2v) is 5.84. The number of rotatable bonds is 11. The molecule has 0 aliphatic rings. The highest BCUT2D eigenvalue weighted by atomic mass is 35.5. The van der Waals surface area contributed by atoms with Crippen molar-refractivity contribution in [2.45, 2.75) is 40.0 Å². The fourth-order valence-corrected chi connectivity index (χ4v) is 2.23. The maximum absolute atomic E-state index is 6.26. The smallest absolute Gasteiger partial charge is 0.141 e. The molecule has 5 heteroatoms. The van der Waals surface area contributed by atoms with Crippen LogP contribution in [-0.4, -0.2) is 25.5 Å². The van der Waals surface area contributed by atoms with E-state index in [4.69, 9.17) is 25.9 Å². The summed E-state index contributed by atoms with van der Waals surface area (Å²) in [5.74, 6) is 1.45. The van der Waals surface area contributed by atoms with Crippen molar-refractivity contribution in [1.29, 1.82) is 0 Å². The first kappa shape index (κ1) is 19.4. The topological polar surface area (TPSA) is 40.0 Å². The Kier molecular flexibility index (Phi) is 9.22. The number of oxime groups is 1. The molecule has 1 rings (SSSR count). The van der Waals surface area contributed by atoms with Gasteiger partial charge >= 0.3 is 0 Å². The molecule has 0 saturated carbocycles. The van der Waals surface area contributed by atoms with Crippen LogP contribution in [0.5, 0.6) is 11.5 Å². The van der Waals surface area contributed by atoms with E-state index in [0.717, 1.165) is 42.0 Å². The summed E-state index contributed by atoms with van der Waals surface area (Å²) in [5, 5.41) is 4.46. The molecule has 1 aromatic carbocycles. The Hall–Kier alpha value is -1.68. The van der Waals surface area contributed by atoms with Gasteiger partial charge in [0, 0.05) is 6.07 Å². The molecule has 0 aromatic heterocycles. The average molecular weight is 340 g/mol. The number of nitrogens with zero attached hydrogens (tertiary/aromatic N) is 1. The molecule has 0 fully saturated rings. The van der Waals surface area contributed by atoms with Gasteiger partial charge in [0.1, 0.15) is 24.7 Å². The van der Waals surface area contributed by atoms with Gasteiger partial charge in [-0.15, -0.1) is 0 Å². The first-order valence-corrected chi connectivity index (χ1v) is 8.22. The van der Waals surface area contributed by atoms with E-state index >= 15 is 0 Å². The SMILES string of the molecule is C=CCOc1cc(C)c(OCCCCCON=C(C)C)c(Cl)c1. The molecule has 1 aromatic rings. The first-order valence-electron chi connectivity index (χ1n) is 7.84. The Labute approximate surface area is 144 Å². The van der Waals surface area contributed by atoms with Gasteiger partial charge in [-0.05, 0) is 51.7 Å². The van der Waals surface area contributed by atoms with E-state index in [9.17, 15) is 0 Å². The number of halogens is 1. The van der Waals surface area contributed by atoms with E-state index < -0.39 is 0 Å². The van der Waals surface area contributed by atoms with Gasteiger partial charge in [0.2, 0.25) is 0 Å². The molecule has 0 aliphatic heterocycles. The molecule has 0 amide bonds. The maximum atomic E-state index is 6.26. The van der Waals surface area contributed by atoms with Crippen molar-refractivity contribution in [3.8, 4) is 11.5 Å². The molecule has 0 unspecified atom stereocenters. The summed E-state index contributed by atoms with van der Waals surface area (Å²) in [6.07, 6.45) is 4.63. The molecule has 0 spiro atoms. The number of hydrogen-bond donors (Lipinski definition) is 0. The second kappa shape index (κ2) is 10.9. The minimum Gasteiger partial charge on any atom is -0.492 e. The second-order valence-electron chi connectivity index (χ2n) is 5.43. The van der Waals surface area contributed by atoms with Crippen molar-refractivity contribution in [2.75, 3.05) is 19.8 Å². The van der Waals surface area contributed by atoms with Crippen LogP contribution in [0.4, 0.5) is 0 Å². The van der Waals surface area contributed by atoms with E-state index in [0.29, 0.717) is 24.8 Å². The van der Waals surface area contributed by atoms with Gasteiger partial charge in [0.05, 0.1) is 17.3 Å². The van der Waals surface area contributed by atoms with E-state index in [1.165, 1.54) is 0 Å². The highest BCUT2D eigenvalue weighted by Crippen LogP contribution is 2.33. The van der Waals surface area contributed by atoms with Crippen LogP contribution >= 0.6 is 11.6 Å². The van der Waals surface area contributed by atoms with Crippen molar-refractivity contribution in [3.05, 3.63) is 35.4 Å². The van der Waals surface area contributed by atoms with Gasteiger partial charge in [-0.1, -0.05) is 29.4 Å². The Bertz CT molecular complexity index is 502. The summed E-state index contributed by atoms with van der Waals surface area (Å²) >= 11 is 6.26. The van der Waals surface area contributed by atoms with Crippen LogP contribution in [0, 0.1) is 6.92 Å². The van der Waals surface area contributed by atoms with E-state index in [1.807, 2.05) is 26.8 Å². The van der Waals surface area contributed by atoms with Crippen LogP contribution in [-0.2, 0) is 4.84 Å². The zero-order chi connectivity index (χ0) is 17.1. The zero-order valence-corrected chi connectivity index (χ0v) is 15.0. The minimum absolute atomic E-state index is 0.458. The number of benzene rings is 1. The number of unbranched alkanes of at least 4 members (excludes halogenated alkanes) is 2. The van der Waals surface area contributed by atoms with Gasteiger partial charge in [0.25, 0.3) is 0 Å². The van der Waals surface area contributed by atoms with Crippen molar-refractivity contribution >= 4 is 17.3 Å². The molecule has 0 heterocycles. The number of aryl methyl sites for hydroxylation is 1. The lowest BCUT2D eigenvalue weighted by Gasteiger charge is -2.13. The average Bonchev–Trinajstić information content (AvgIpc) is 2.49. The van der Waals surface area contributed by atoms with E-state index in [-0.39, 0.29) is 0 Å². The van der Waals surface area contributed by atoms with Crippen LogP contribution in [0.2, 0.25) is 5.02 Å². The summed E-state index contributed by atoms with van der Waals surface area (Å²) in [6, 6.07) is 3.69. The normalized spacial score (nSPS) is 10.1. The fourth-order valence-electron chi connectivity index (χ4n) is 1.92. The molecular weight excluding hydrogens is 314 g/mol. The first-order chi connectivity index (χ1) is 11.0. The molecule has 0 atom stereocenters. The van der Waals surface area contributed by atoms with Crippen LogP contribution in [0.25, 0.3) is 0 Å². The predicted octanol–water partition coefficient (Wildman–Crippen LogP) is 5.17. The quantitative estimate of drug-likeness (QED) is 0.241. The summed E-state index contributed by atoms with van der Waals surface area (Å²) in [5.41, 5.74) is 1.90. The third-order valence-corrected chi connectivity index (χ3v) is 3.22. The summed E-state index contributed by atoms with van der Waals surface area (Å²) < 4.78 is 11.3. The van der Waals surface area contributed by atoms with Gasteiger partial charge in [-0.25, -0.2) is 0 Å². The number of ether oxygens (including phenoxy) is 2.